The number of unbranched alkanes of at least 4 members (excludes halogenated alkanes) is 11. The topological polar surface area (TPSA) is 0 Å². The first kappa shape index (κ1) is 34.3. The summed E-state index contributed by atoms with van der Waals surface area (Å²) in [5.41, 5.74) is 6.03. The number of allylic oxidation sites excluding steroid dienone is 3. The molecule has 0 spiro atoms. The Labute approximate surface area is 224 Å². The van der Waals surface area contributed by atoms with Crippen LogP contribution in [0.25, 0.3) is 0 Å². The molecule has 0 fully saturated rings. The minimum atomic E-state index is -1.03. The lowest BCUT2D eigenvalue weighted by molar-refractivity contribution is 0.615. The van der Waals surface area contributed by atoms with Crippen LogP contribution in [0.15, 0.2) is 24.3 Å². The van der Waals surface area contributed by atoms with Crippen LogP contribution in [0.5, 0.6) is 0 Å². The van der Waals surface area contributed by atoms with E-state index in [2.05, 4.69) is 59.1 Å². The SMILES string of the molecule is C=C(C)/C=C/CCC[Si]C[Si](C)(C)C[Si]C[Si](C)(CCCCCCCC)CCCCCCCC. The summed E-state index contributed by atoms with van der Waals surface area (Å²) in [6.45, 7) is 18.9. The Morgan fingerprint density at radius 1 is 0.676 bits per heavy atom. The number of hydrogen-bond donors (Lipinski definition) is 0. The fraction of sp³-hybridized carbons (Fsp3) is 0.867. The largest absolute Gasteiger partial charge is 0.0961 e. The highest BCUT2D eigenvalue weighted by molar-refractivity contribution is 6.93. The van der Waals surface area contributed by atoms with Crippen molar-refractivity contribution in [3.8, 4) is 0 Å². The zero-order valence-electron chi connectivity index (χ0n) is 24.5. The van der Waals surface area contributed by atoms with Gasteiger partial charge < -0.3 is 0 Å². The van der Waals surface area contributed by atoms with Gasteiger partial charge in [0.05, 0.1) is 0 Å². The molecule has 0 nitrogen and oxygen atoms in total. The van der Waals surface area contributed by atoms with Gasteiger partial charge in [-0.2, -0.15) is 0 Å². The summed E-state index contributed by atoms with van der Waals surface area (Å²) in [6.07, 6.45) is 24.7. The first-order valence-electron chi connectivity index (χ1n) is 15.0. The molecule has 0 heterocycles. The highest BCUT2D eigenvalue weighted by Crippen LogP contribution is 2.28. The van der Waals surface area contributed by atoms with E-state index in [9.17, 15) is 0 Å². The quantitative estimate of drug-likeness (QED) is 0.0620. The minimum absolute atomic E-state index is 0.981. The molecule has 0 amide bonds. The van der Waals surface area contributed by atoms with E-state index >= 15 is 0 Å². The maximum absolute atomic E-state index is 3.95. The summed E-state index contributed by atoms with van der Waals surface area (Å²) >= 11 is 0. The van der Waals surface area contributed by atoms with E-state index in [1.807, 2.05) is 0 Å². The van der Waals surface area contributed by atoms with Crippen molar-refractivity contribution in [2.75, 3.05) is 0 Å². The van der Waals surface area contributed by atoms with Gasteiger partial charge >= 0.3 is 0 Å². The summed E-state index contributed by atoms with van der Waals surface area (Å²) in [5, 5.41) is 0. The molecule has 0 rings (SSSR count). The van der Waals surface area contributed by atoms with Crippen molar-refractivity contribution < 1.29 is 0 Å². The fourth-order valence-electron chi connectivity index (χ4n) is 4.79. The molecule has 0 unspecified atom stereocenters. The van der Waals surface area contributed by atoms with Crippen molar-refractivity contribution in [2.45, 2.75) is 165 Å². The second-order valence-corrected chi connectivity index (χ2v) is 26.9. The molecule has 0 N–H and O–H groups in total. The maximum Gasteiger partial charge on any atom is 0.0474 e. The molecule has 0 aliphatic carbocycles. The van der Waals surface area contributed by atoms with Gasteiger partial charge in [0.15, 0.2) is 0 Å². The summed E-state index contributed by atoms with van der Waals surface area (Å²) in [6, 6.07) is 4.70. The van der Waals surface area contributed by atoms with Gasteiger partial charge in [0.2, 0.25) is 0 Å². The van der Waals surface area contributed by atoms with Gasteiger partial charge in [-0.3, -0.25) is 0 Å². The third kappa shape index (κ3) is 22.8. The summed E-state index contributed by atoms with van der Waals surface area (Å²) in [7, 11) is 0.476. The lowest BCUT2D eigenvalue weighted by Crippen LogP contribution is -2.35. The van der Waals surface area contributed by atoms with Gasteiger partial charge in [-0.15, -0.1) is 0 Å². The summed E-state index contributed by atoms with van der Waals surface area (Å²) in [4.78, 5) is 0. The van der Waals surface area contributed by atoms with Crippen molar-refractivity contribution in [2.24, 2.45) is 0 Å². The molecule has 0 aromatic heterocycles. The predicted octanol–water partition coefficient (Wildman–Crippen LogP) is 11.1. The average Bonchev–Trinajstić information content (AvgIpc) is 2.77. The fourth-order valence-corrected chi connectivity index (χ4v) is 20.9. The molecule has 0 aliphatic rings. The molecule has 0 saturated heterocycles. The van der Waals surface area contributed by atoms with Gasteiger partial charge in [-0.05, 0) is 13.3 Å². The third-order valence-electron chi connectivity index (χ3n) is 7.15. The van der Waals surface area contributed by atoms with E-state index in [0.29, 0.717) is 0 Å². The third-order valence-corrected chi connectivity index (χ3v) is 25.1. The van der Waals surface area contributed by atoms with Crippen molar-refractivity contribution in [3.05, 3.63) is 24.3 Å². The van der Waals surface area contributed by atoms with E-state index in [0.717, 1.165) is 0 Å². The summed E-state index contributed by atoms with van der Waals surface area (Å²) in [5.74, 6) is 0. The van der Waals surface area contributed by atoms with Crippen LogP contribution < -0.4 is 0 Å². The lowest BCUT2D eigenvalue weighted by atomic mass is 10.1. The highest BCUT2D eigenvalue weighted by atomic mass is 28.4. The van der Waals surface area contributed by atoms with Gasteiger partial charge in [-0.1, -0.05) is 176 Å². The van der Waals surface area contributed by atoms with E-state index in [4.69, 9.17) is 0 Å². The van der Waals surface area contributed by atoms with E-state index in [1.54, 1.807) is 29.1 Å². The van der Waals surface area contributed by atoms with Crippen LogP contribution in [0.2, 0.25) is 54.8 Å². The van der Waals surface area contributed by atoms with Crippen LogP contribution in [0, 0.1) is 0 Å². The Morgan fingerprint density at radius 2 is 1.18 bits per heavy atom. The Kier molecular flexibility index (Phi) is 22.8. The number of hydrogen-bond acceptors (Lipinski definition) is 0. The van der Waals surface area contributed by atoms with E-state index in [-0.39, 0.29) is 0 Å². The van der Waals surface area contributed by atoms with Gasteiger partial charge in [0.25, 0.3) is 0 Å². The Morgan fingerprint density at radius 3 is 1.71 bits per heavy atom. The zero-order chi connectivity index (χ0) is 25.5. The molecule has 4 heteroatoms. The number of rotatable bonds is 25. The second kappa shape index (κ2) is 22.5. The molecular weight excluding hydrogens is 473 g/mol. The highest BCUT2D eigenvalue weighted by Gasteiger charge is 2.28. The molecule has 4 radical (unpaired) electrons. The molecule has 34 heavy (non-hydrogen) atoms. The Bertz CT molecular complexity index is 482. The lowest BCUT2D eigenvalue weighted by Gasteiger charge is -2.30. The van der Waals surface area contributed by atoms with Crippen LogP contribution in [0.1, 0.15) is 111 Å². The van der Waals surface area contributed by atoms with Crippen molar-refractivity contribution in [1.29, 1.82) is 0 Å². The maximum atomic E-state index is 3.95. The second-order valence-electron chi connectivity index (χ2n) is 12.2. The van der Waals surface area contributed by atoms with E-state index < -0.39 is 16.1 Å². The van der Waals surface area contributed by atoms with Crippen LogP contribution in [-0.2, 0) is 0 Å². The van der Waals surface area contributed by atoms with Gasteiger partial charge in [0, 0.05) is 35.2 Å². The van der Waals surface area contributed by atoms with E-state index in [1.165, 1.54) is 121 Å². The van der Waals surface area contributed by atoms with Gasteiger partial charge in [-0.25, -0.2) is 0 Å². The summed E-state index contributed by atoms with van der Waals surface area (Å²) < 4.78 is 0. The average molecular weight is 535 g/mol. The molecule has 0 aromatic carbocycles. The molecule has 198 valence electrons. The molecule has 0 saturated carbocycles. The first-order chi connectivity index (χ1) is 16.2. The normalized spacial score (nSPS) is 12.6. The Hall–Kier alpha value is 0.348. The van der Waals surface area contributed by atoms with Crippen LogP contribution >= 0.6 is 0 Å². The molecule has 0 aliphatic heterocycles. The molecule has 0 aromatic rings. The van der Waals surface area contributed by atoms with Gasteiger partial charge in [0.1, 0.15) is 0 Å². The molecule has 0 atom stereocenters. The standard InChI is InChI=1S/C30H62Si4/c1-8-10-12-14-16-21-25-34(7,26-22-17-15-13-11-9-2)29-32-28-33(5,6)27-31-24-20-18-19-23-30(3)4/h19,23H,3,8-18,20-22,24-29H2,1-2,4-7H3/b23-19+. The van der Waals surface area contributed by atoms with Crippen LogP contribution in [0.3, 0.4) is 0 Å². The molecule has 0 bridgehead atoms. The van der Waals surface area contributed by atoms with Crippen molar-refractivity contribution in [3.63, 3.8) is 0 Å². The van der Waals surface area contributed by atoms with Crippen LogP contribution in [0.4, 0.5) is 0 Å². The zero-order valence-corrected chi connectivity index (χ0v) is 28.5. The Balaban J connectivity index is 4.33. The smallest absolute Gasteiger partial charge is 0.0474 e. The molecular formula is C30H62Si4. The first-order valence-corrected chi connectivity index (χ1v) is 24.3. The van der Waals surface area contributed by atoms with Crippen LogP contribution in [-0.4, -0.2) is 35.2 Å². The minimum Gasteiger partial charge on any atom is -0.0961 e. The monoisotopic (exact) mass is 534 g/mol. The van der Waals surface area contributed by atoms with Crippen molar-refractivity contribution >= 4 is 35.2 Å². The van der Waals surface area contributed by atoms with Crippen molar-refractivity contribution in [1.82, 2.24) is 0 Å². The predicted molar refractivity (Wildman–Crippen MR) is 169 cm³/mol.